The summed E-state index contributed by atoms with van der Waals surface area (Å²) in [5, 5.41) is 6.26. The zero-order chi connectivity index (χ0) is 13.1. The summed E-state index contributed by atoms with van der Waals surface area (Å²) in [5.74, 6) is -0.0740. The van der Waals surface area contributed by atoms with Gasteiger partial charge in [0.05, 0.1) is 12.5 Å². The lowest BCUT2D eigenvalue weighted by molar-refractivity contribution is 0.0933. The maximum atomic E-state index is 12.3. The fraction of sp³-hybridized carbons (Fsp3) is 0.286. The Morgan fingerprint density at radius 3 is 2.95 bits per heavy atom. The monoisotopic (exact) mass is 256 g/mol. The number of amides is 1. The first-order valence-corrected chi connectivity index (χ1v) is 6.44. The van der Waals surface area contributed by atoms with Crippen LogP contribution in [0.4, 0.5) is 0 Å². The first-order valence-electron chi connectivity index (χ1n) is 6.44. The molecule has 1 aliphatic rings. The number of nitrogens with one attached hydrogen (secondary N) is 2. The number of benzene rings is 1. The van der Waals surface area contributed by atoms with Crippen LogP contribution >= 0.6 is 0 Å². The van der Waals surface area contributed by atoms with Crippen molar-refractivity contribution < 1.29 is 4.79 Å². The molecular formula is C14H16N4O. The molecule has 1 saturated heterocycles. The van der Waals surface area contributed by atoms with Gasteiger partial charge in [-0.1, -0.05) is 18.2 Å². The van der Waals surface area contributed by atoms with Gasteiger partial charge in [-0.25, -0.2) is 4.98 Å². The normalized spacial score (nSPS) is 18.4. The molecule has 2 aromatic rings. The molecule has 0 spiro atoms. The van der Waals surface area contributed by atoms with Crippen molar-refractivity contribution in [3.05, 3.63) is 48.5 Å². The number of carbonyl (C=O) groups is 1. The minimum Gasteiger partial charge on any atom is -0.347 e. The van der Waals surface area contributed by atoms with Gasteiger partial charge in [-0.2, -0.15) is 0 Å². The van der Waals surface area contributed by atoms with Gasteiger partial charge in [0, 0.05) is 18.3 Å². The Morgan fingerprint density at radius 1 is 1.37 bits per heavy atom. The van der Waals surface area contributed by atoms with Gasteiger partial charge >= 0.3 is 0 Å². The van der Waals surface area contributed by atoms with E-state index in [2.05, 4.69) is 15.6 Å². The summed E-state index contributed by atoms with van der Waals surface area (Å²) in [7, 11) is 0. The molecule has 0 bridgehead atoms. The molecule has 98 valence electrons. The minimum atomic E-state index is -0.0740. The van der Waals surface area contributed by atoms with Gasteiger partial charge < -0.3 is 10.6 Å². The number of hydrogen-bond acceptors (Lipinski definition) is 3. The highest BCUT2D eigenvalue weighted by molar-refractivity contribution is 5.93. The number of aromatic nitrogens is 2. The minimum absolute atomic E-state index is 0.0740. The van der Waals surface area contributed by atoms with E-state index in [0.717, 1.165) is 25.2 Å². The number of rotatable bonds is 3. The van der Waals surface area contributed by atoms with E-state index in [1.807, 2.05) is 30.3 Å². The number of imidazole rings is 1. The molecule has 0 radical (unpaired) electrons. The molecule has 19 heavy (non-hydrogen) atoms. The SMILES string of the molecule is O=C(NC1CCNC1)c1cncn1-c1ccccc1. The molecule has 5 nitrogen and oxygen atoms in total. The van der Waals surface area contributed by atoms with E-state index in [1.165, 1.54) is 0 Å². The molecule has 1 amide bonds. The van der Waals surface area contributed by atoms with Gasteiger partial charge in [0.2, 0.25) is 0 Å². The quantitative estimate of drug-likeness (QED) is 0.860. The zero-order valence-corrected chi connectivity index (χ0v) is 10.5. The molecule has 0 saturated carbocycles. The standard InChI is InChI=1S/C14H16N4O/c19-14(17-11-6-7-15-8-11)13-9-16-10-18(13)12-4-2-1-3-5-12/h1-5,9-11,15H,6-8H2,(H,17,19). The van der Waals surface area contributed by atoms with E-state index in [1.54, 1.807) is 17.1 Å². The van der Waals surface area contributed by atoms with Crippen LogP contribution in [0, 0.1) is 0 Å². The van der Waals surface area contributed by atoms with Crippen molar-refractivity contribution in [3.8, 4) is 5.69 Å². The third-order valence-corrected chi connectivity index (χ3v) is 3.30. The lowest BCUT2D eigenvalue weighted by Crippen LogP contribution is -2.37. The summed E-state index contributed by atoms with van der Waals surface area (Å²) in [5.41, 5.74) is 1.51. The molecule has 1 aliphatic heterocycles. The largest absolute Gasteiger partial charge is 0.347 e. The molecule has 3 rings (SSSR count). The van der Waals surface area contributed by atoms with Crippen LogP contribution in [-0.2, 0) is 0 Å². The summed E-state index contributed by atoms with van der Waals surface area (Å²) < 4.78 is 1.80. The van der Waals surface area contributed by atoms with E-state index in [0.29, 0.717) is 5.69 Å². The van der Waals surface area contributed by atoms with Gasteiger partial charge in [-0.15, -0.1) is 0 Å². The van der Waals surface area contributed by atoms with Crippen molar-refractivity contribution in [2.45, 2.75) is 12.5 Å². The van der Waals surface area contributed by atoms with Gasteiger partial charge in [-0.05, 0) is 25.1 Å². The van der Waals surface area contributed by atoms with Gasteiger partial charge in [-0.3, -0.25) is 9.36 Å². The molecule has 5 heteroatoms. The molecule has 1 unspecified atom stereocenters. The second-order valence-corrected chi connectivity index (χ2v) is 4.65. The van der Waals surface area contributed by atoms with Crippen LogP contribution in [0.2, 0.25) is 0 Å². The molecule has 1 aromatic carbocycles. The second-order valence-electron chi connectivity index (χ2n) is 4.65. The van der Waals surface area contributed by atoms with Gasteiger partial charge in [0.15, 0.2) is 0 Å². The van der Waals surface area contributed by atoms with E-state index in [-0.39, 0.29) is 11.9 Å². The summed E-state index contributed by atoms with van der Waals surface area (Å²) in [6.07, 6.45) is 4.24. The third kappa shape index (κ3) is 2.51. The van der Waals surface area contributed by atoms with E-state index < -0.39 is 0 Å². The Balaban J connectivity index is 1.81. The predicted molar refractivity (Wildman–Crippen MR) is 72.3 cm³/mol. The van der Waals surface area contributed by atoms with Crippen LogP contribution in [-0.4, -0.2) is 34.6 Å². The van der Waals surface area contributed by atoms with Gasteiger partial charge in [0.25, 0.3) is 5.91 Å². The Morgan fingerprint density at radius 2 is 2.21 bits per heavy atom. The lowest BCUT2D eigenvalue weighted by atomic mass is 10.2. The Kier molecular flexibility index (Phi) is 3.29. The molecule has 2 N–H and O–H groups in total. The maximum absolute atomic E-state index is 12.3. The third-order valence-electron chi connectivity index (χ3n) is 3.30. The highest BCUT2D eigenvalue weighted by atomic mass is 16.2. The fourth-order valence-electron chi connectivity index (χ4n) is 2.29. The van der Waals surface area contributed by atoms with Crippen LogP contribution in [0.15, 0.2) is 42.9 Å². The van der Waals surface area contributed by atoms with Crippen molar-refractivity contribution in [1.29, 1.82) is 0 Å². The maximum Gasteiger partial charge on any atom is 0.270 e. The van der Waals surface area contributed by atoms with Crippen LogP contribution in [0.25, 0.3) is 5.69 Å². The highest BCUT2D eigenvalue weighted by Gasteiger charge is 2.20. The van der Waals surface area contributed by atoms with Crippen LogP contribution in [0.3, 0.4) is 0 Å². The first kappa shape index (κ1) is 11.9. The van der Waals surface area contributed by atoms with E-state index in [9.17, 15) is 4.79 Å². The number of para-hydroxylation sites is 1. The Bertz CT molecular complexity index is 558. The lowest BCUT2D eigenvalue weighted by Gasteiger charge is -2.12. The highest BCUT2D eigenvalue weighted by Crippen LogP contribution is 2.11. The molecule has 1 atom stereocenters. The summed E-state index contributed by atoms with van der Waals surface area (Å²) in [6.45, 7) is 1.80. The topological polar surface area (TPSA) is 59.0 Å². The average molecular weight is 256 g/mol. The van der Waals surface area contributed by atoms with E-state index in [4.69, 9.17) is 0 Å². The van der Waals surface area contributed by atoms with Crippen LogP contribution in [0.1, 0.15) is 16.9 Å². The second kappa shape index (κ2) is 5.24. The van der Waals surface area contributed by atoms with Crippen molar-refractivity contribution in [2.24, 2.45) is 0 Å². The molecule has 1 fully saturated rings. The summed E-state index contributed by atoms with van der Waals surface area (Å²) >= 11 is 0. The molecule has 1 aromatic heterocycles. The average Bonchev–Trinajstić information content (AvgIpc) is 3.10. The number of carbonyl (C=O) groups excluding carboxylic acids is 1. The Hall–Kier alpha value is -2.14. The Labute approximate surface area is 111 Å². The summed E-state index contributed by atoms with van der Waals surface area (Å²) in [6, 6.07) is 9.96. The van der Waals surface area contributed by atoms with Crippen molar-refractivity contribution in [3.63, 3.8) is 0 Å². The van der Waals surface area contributed by atoms with Crippen molar-refractivity contribution in [2.75, 3.05) is 13.1 Å². The molecule has 2 heterocycles. The predicted octanol–water partition coefficient (Wildman–Crippen LogP) is 0.964. The molecule has 0 aliphatic carbocycles. The number of nitrogens with zero attached hydrogens (tertiary/aromatic N) is 2. The zero-order valence-electron chi connectivity index (χ0n) is 10.5. The fourth-order valence-corrected chi connectivity index (χ4v) is 2.29. The van der Waals surface area contributed by atoms with Crippen molar-refractivity contribution >= 4 is 5.91 Å². The smallest absolute Gasteiger partial charge is 0.270 e. The van der Waals surface area contributed by atoms with E-state index >= 15 is 0 Å². The number of hydrogen-bond donors (Lipinski definition) is 2. The van der Waals surface area contributed by atoms with Crippen molar-refractivity contribution in [1.82, 2.24) is 20.2 Å². The van der Waals surface area contributed by atoms with Gasteiger partial charge in [0.1, 0.15) is 5.69 Å². The van der Waals surface area contributed by atoms with Crippen LogP contribution < -0.4 is 10.6 Å². The first-order chi connectivity index (χ1) is 9.34. The summed E-state index contributed by atoms with van der Waals surface area (Å²) in [4.78, 5) is 16.3. The van der Waals surface area contributed by atoms with Crippen LogP contribution in [0.5, 0.6) is 0 Å². The molecular weight excluding hydrogens is 240 g/mol.